The van der Waals surface area contributed by atoms with Crippen molar-refractivity contribution in [1.82, 2.24) is 9.21 Å². The fourth-order valence-corrected chi connectivity index (χ4v) is 8.10. The first-order valence-electron chi connectivity index (χ1n) is 11.6. The summed E-state index contributed by atoms with van der Waals surface area (Å²) in [6.45, 7) is 6.85. The molecule has 2 saturated heterocycles. The zero-order valence-electron chi connectivity index (χ0n) is 18.6. The smallest absolute Gasteiger partial charge is 0.265 e. The molecule has 0 aromatic heterocycles. The minimum atomic E-state index is -0.308. The molecule has 32 heavy (non-hydrogen) atoms. The summed E-state index contributed by atoms with van der Waals surface area (Å²) in [4.78, 5) is 16.5. The number of amides is 1. The molecule has 2 heterocycles. The Morgan fingerprint density at radius 3 is 1.94 bits per heavy atom. The number of nitrogens with zero attached hydrogens (tertiary/aromatic N) is 2. The first kappa shape index (κ1) is 20.1. The molecular formula is C28H28N2OS. The molecule has 3 aromatic carbocycles. The van der Waals surface area contributed by atoms with Crippen molar-refractivity contribution in [2.45, 2.75) is 37.6 Å². The molecule has 0 bridgehead atoms. The van der Waals surface area contributed by atoms with Gasteiger partial charge in [-0.1, -0.05) is 80.6 Å². The minimum Gasteiger partial charge on any atom is -0.282 e. The topological polar surface area (TPSA) is 23.6 Å². The standard InChI is InChI=1S/C28H28N2OS/c1-27(2)26(29-18-10-11-19-29)30(25(31)20-12-4-3-5-13-20)32-28(27)23-16-8-6-14-21(23)22-15-7-9-17-24(22)28/h3-9,12-17,26H,10-11,18-19H2,1-2H3/t26-/m0/s1. The second kappa shape index (κ2) is 7.23. The summed E-state index contributed by atoms with van der Waals surface area (Å²) in [5.41, 5.74) is 5.86. The van der Waals surface area contributed by atoms with E-state index in [1.165, 1.54) is 35.1 Å². The Hall–Kier alpha value is -2.56. The number of fused-ring (bicyclic) bond motifs is 5. The van der Waals surface area contributed by atoms with E-state index in [-0.39, 0.29) is 22.2 Å². The van der Waals surface area contributed by atoms with Gasteiger partial charge in [-0.05, 0) is 59.2 Å². The van der Waals surface area contributed by atoms with Gasteiger partial charge in [0.05, 0.1) is 4.75 Å². The third-order valence-electron chi connectivity index (χ3n) is 7.62. The summed E-state index contributed by atoms with van der Waals surface area (Å²) in [5.74, 6) is 0.110. The molecule has 0 radical (unpaired) electrons. The summed E-state index contributed by atoms with van der Waals surface area (Å²) < 4.78 is 1.80. The van der Waals surface area contributed by atoms with Crippen LogP contribution in [0.4, 0.5) is 0 Å². The van der Waals surface area contributed by atoms with Crippen molar-refractivity contribution in [1.29, 1.82) is 0 Å². The molecule has 4 heteroatoms. The second-order valence-electron chi connectivity index (χ2n) is 9.70. The largest absolute Gasteiger partial charge is 0.282 e. The third kappa shape index (κ3) is 2.57. The number of hydrogen-bond acceptors (Lipinski definition) is 3. The van der Waals surface area contributed by atoms with Gasteiger partial charge in [0.1, 0.15) is 6.17 Å². The van der Waals surface area contributed by atoms with E-state index in [1.54, 1.807) is 11.9 Å². The average Bonchev–Trinajstić information content (AvgIpc) is 3.50. The second-order valence-corrected chi connectivity index (χ2v) is 10.9. The molecule has 162 valence electrons. The van der Waals surface area contributed by atoms with Crippen LogP contribution in [0.15, 0.2) is 78.9 Å². The lowest BCUT2D eigenvalue weighted by Gasteiger charge is -2.43. The molecule has 3 nitrogen and oxygen atoms in total. The Kier molecular flexibility index (Phi) is 4.53. The van der Waals surface area contributed by atoms with Crippen molar-refractivity contribution in [3.8, 4) is 11.1 Å². The number of hydrogen-bond donors (Lipinski definition) is 0. The van der Waals surface area contributed by atoms with Crippen molar-refractivity contribution >= 4 is 17.9 Å². The predicted octanol–water partition coefficient (Wildman–Crippen LogP) is 6.16. The molecule has 3 aliphatic rings. The zero-order valence-corrected chi connectivity index (χ0v) is 19.4. The number of carbonyl (C=O) groups is 1. The molecule has 2 fully saturated rings. The van der Waals surface area contributed by atoms with Crippen LogP contribution in [0.1, 0.15) is 48.2 Å². The van der Waals surface area contributed by atoms with Gasteiger partial charge in [0.25, 0.3) is 5.91 Å². The average molecular weight is 441 g/mol. The van der Waals surface area contributed by atoms with E-state index in [0.717, 1.165) is 18.7 Å². The molecule has 0 unspecified atom stereocenters. The Morgan fingerprint density at radius 2 is 1.34 bits per heavy atom. The predicted molar refractivity (Wildman–Crippen MR) is 131 cm³/mol. The number of rotatable bonds is 2. The maximum atomic E-state index is 13.9. The summed E-state index contributed by atoms with van der Waals surface area (Å²) in [6.07, 6.45) is 2.43. The van der Waals surface area contributed by atoms with Gasteiger partial charge < -0.3 is 0 Å². The maximum absolute atomic E-state index is 13.9. The van der Waals surface area contributed by atoms with Gasteiger partial charge in [0.15, 0.2) is 0 Å². The monoisotopic (exact) mass is 440 g/mol. The van der Waals surface area contributed by atoms with E-state index < -0.39 is 0 Å². The highest BCUT2D eigenvalue weighted by Gasteiger charge is 2.66. The quantitative estimate of drug-likeness (QED) is 0.446. The molecule has 1 amide bonds. The lowest BCUT2D eigenvalue weighted by molar-refractivity contribution is 0.0284. The van der Waals surface area contributed by atoms with E-state index in [1.807, 2.05) is 30.3 Å². The lowest BCUT2D eigenvalue weighted by Crippen LogP contribution is -2.53. The van der Waals surface area contributed by atoms with Gasteiger partial charge in [-0.3, -0.25) is 14.0 Å². The van der Waals surface area contributed by atoms with Crippen molar-refractivity contribution in [2.75, 3.05) is 13.1 Å². The summed E-state index contributed by atoms with van der Waals surface area (Å²) in [7, 11) is 0. The Bertz CT molecular complexity index is 1140. The summed E-state index contributed by atoms with van der Waals surface area (Å²) >= 11 is 1.75. The molecular weight excluding hydrogens is 412 g/mol. The van der Waals surface area contributed by atoms with Crippen LogP contribution >= 0.6 is 11.9 Å². The van der Waals surface area contributed by atoms with E-state index in [9.17, 15) is 4.79 Å². The van der Waals surface area contributed by atoms with Gasteiger partial charge in [-0.25, -0.2) is 0 Å². The van der Waals surface area contributed by atoms with Crippen molar-refractivity contribution in [2.24, 2.45) is 5.41 Å². The van der Waals surface area contributed by atoms with Crippen LogP contribution in [0.2, 0.25) is 0 Å². The van der Waals surface area contributed by atoms with Crippen molar-refractivity contribution in [3.05, 3.63) is 95.6 Å². The van der Waals surface area contributed by atoms with E-state index in [0.29, 0.717) is 0 Å². The molecule has 0 saturated carbocycles. The van der Waals surface area contributed by atoms with Crippen LogP contribution in [0, 0.1) is 5.41 Å². The fraction of sp³-hybridized carbons (Fsp3) is 0.321. The number of benzene rings is 3. The van der Waals surface area contributed by atoms with Gasteiger partial charge >= 0.3 is 0 Å². The molecule has 2 aliphatic heterocycles. The fourth-order valence-electron chi connectivity index (χ4n) is 6.23. The van der Waals surface area contributed by atoms with Crippen LogP contribution in [0.25, 0.3) is 11.1 Å². The highest BCUT2D eigenvalue weighted by molar-refractivity contribution is 7.99. The lowest BCUT2D eigenvalue weighted by atomic mass is 9.70. The van der Waals surface area contributed by atoms with E-state index in [2.05, 4.69) is 71.6 Å². The molecule has 0 N–H and O–H groups in total. The summed E-state index contributed by atoms with van der Waals surface area (Å²) in [5, 5.41) is 0. The maximum Gasteiger partial charge on any atom is 0.265 e. The van der Waals surface area contributed by atoms with Gasteiger partial charge in [0.2, 0.25) is 0 Å². The van der Waals surface area contributed by atoms with Gasteiger partial charge in [0, 0.05) is 24.1 Å². The Morgan fingerprint density at radius 1 is 0.812 bits per heavy atom. The normalized spacial score (nSPS) is 22.8. The van der Waals surface area contributed by atoms with E-state index >= 15 is 0 Å². The molecule has 6 rings (SSSR count). The SMILES string of the molecule is CC1(C)[C@@H](N2CCCC2)N(C(=O)c2ccccc2)SC12c1ccccc1-c1ccccc12. The highest BCUT2D eigenvalue weighted by atomic mass is 32.2. The molecule has 1 spiro atoms. The zero-order chi connectivity index (χ0) is 21.9. The number of carbonyl (C=O) groups excluding carboxylic acids is 1. The minimum absolute atomic E-state index is 0.0296. The summed E-state index contributed by atoms with van der Waals surface area (Å²) in [6, 6.07) is 27.4. The molecule has 1 aliphatic carbocycles. The third-order valence-corrected chi connectivity index (χ3v) is 9.42. The Labute approximate surface area is 194 Å². The Balaban J connectivity index is 1.58. The number of likely N-dealkylation sites (tertiary alicyclic amines) is 1. The van der Waals surface area contributed by atoms with E-state index in [4.69, 9.17) is 0 Å². The van der Waals surface area contributed by atoms with Crippen LogP contribution in [0.5, 0.6) is 0 Å². The molecule has 3 aromatic rings. The van der Waals surface area contributed by atoms with Crippen LogP contribution in [-0.2, 0) is 4.75 Å². The van der Waals surface area contributed by atoms with Crippen molar-refractivity contribution < 1.29 is 4.79 Å². The molecule has 1 atom stereocenters. The van der Waals surface area contributed by atoms with Crippen LogP contribution in [0.3, 0.4) is 0 Å². The van der Waals surface area contributed by atoms with Crippen LogP contribution in [-0.4, -0.2) is 34.4 Å². The van der Waals surface area contributed by atoms with Crippen molar-refractivity contribution in [3.63, 3.8) is 0 Å². The van der Waals surface area contributed by atoms with Crippen LogP contribution < -0.4 is 0 Å². The first-order chi connectivity index (χ1) is 15.6. The first-order valence-corrected chi connectivity index (χ1v) is 12.3. The van der Waals surface area contributed by atoms with Gasteiger partial charge in [-0.15, -0.1) is 0 Å². The highest BCUT2D eigenvalue weighted by Crippen LogP contribution is 2.70. The van der Waals surface area contributed by atoms with Gasteiger partial charge in [-0.2, -0.15) is 0 Å².